The van der Waals surface area contributed by atoms with Gasteiger partial charge in [0.2, 0.25) is 5.88 Å². The molecule has 1 aromatic heterocycles. The van der Waals surface area contributed by atoms with Crippen LogP contribution in [0.5, 0.6) is 5.88 Å². The summed E-state index contributed by atoms with van der Waals surface area (Å²) in [4.78, 5) is 16.6. The molecule has 0 radical (unpaired) electrons. The molecule has 2 aromatic rings. The zero-order chi connectivity index (χ0) is 18.6. The Kier molecular flexibility index (Phi) is 5.53. The molecule has 1 amide bonds. The third-order valence-corrected chi connectivity index (χ3v) is 5.12. The monoisotopic (exact) mass is 376 g/mol. The van der Waals surface area contributed by atoms with Crippen molar-refractivity contribution in [2.24, 2.45) is 0 Å². The lowest BCUT2D eigenvalue weighted by atomic mass is 10.1. The summed E-state index contributed by atoms with van der Waals surface area (Å²) in [5.74, 6) is 0.146. The predicted molar refractivity (Wildman–Crippen MR) is 96.2 cm³/mol. The zero-order valence-corrected chi connectivity index (χ0v) is 15.2. The highest BCUT2D eigenvalue weighted by Gasteiger charge is 2.16. The highest BCUT2D eigenvalue weighted by atomic mass is 32.2. The van der Waals surface area contributed by atoms with E-state index in [-0.39, 0.29) is 16.9 Å². The van der Waals surface area contributed by atoms with Gasteiger partial charge in [-0.05, 0) is 30.3 Å². The van der Waals surface area contributed by atoms with Crippen LogP contribution in [0.4, 0.5) is 5.69 Å². The first kappa shape index (κ1) is 18.3. The van der Waals surface area contributed by atoms with E-state index in [1.807, 2.05) is 0 Å². The van der Waals surface area contributed by atoms with Gasteiger partial charge >= 0.3 is 0 Å². The number of benzene rings is 1. The van der Waals surface area contributed by atoms with Gasteiger partial charge in [-0.25, -0.2) is 13.4 Å². The van der Waals surface area contributed by atoms with Crippen LogP contribution in [0, 0.1) is 0 Å². The molecule has 8 heteroatoms. The molecular formula is C18H20N2O5S. The van der Waals surface area contributed by atoms with Crippen molar-refractivity contribution < 1.29 is 22.7 Å². The largest absolute Gasteiger partial charge is 0.474 e. The number of carbonyl (C=O) groups excluding carboxylic acids is 1. The molecule has 0 unspecified atom stereocenters. The molecule has 2 heterocycles. The summed E-state index contributed by atoms with van der Waals surface area (Å²) in [6.07, 6.45) is 4.33. The predicted octanol–water partition coefficient (Wildman–Crippen LogP) is 2.30. The SMILES string of the molecule is CS(=O)(=O)c1ccc(NC(=O)c2ccc(OC3CCOCC3)nc2)cc1. The fraction of sp³-hybridized carbons (Fsp3) is 0.333. The number of nitrogens with zero attached hydrogens (tertiary/aromatic N) is 1. The summed E-state index contributed by atoms with van der Waals surface area (Å²) in [5.41, 5.74) is 0.890. The number of ether oxygens (including phenoxy) is 2. The van der Waals surface area contributed by atoms with E-state index >= 15 is 0 Å². The van der Waals surface area contributed by atoms with Gasteiger partial charge in [0, 0.05) is 37.0 Å². The standard InChI is InChI=1S/C18H20N2O5S/c1-26(22,23)16-5-3-14(4-6-16)20-18(21)13-2-7-17(19-12-13)25-15-8-10-24-11-9-15/h2-7,12,15H,8-11H2,1H3,(H,20,21). The molecule has 0 saturated carbocycles. The zero-order valence-electron chi connectivity index (χ0n) is 14.3. The molecule has 1 saturated heterocycles. The van der Waals surface area contributed by atoms with Crippen LogP contribution >= 0.6 is 0 Å². The Morgan fingerprint density at radius 2 is 1.85 bits per heavy atom. The van der Waals surface area contributed by atoms with E-state index in [0.717, 1.165) is 19.1 Å². The lowest BCUT2D eigenvalue weighted by Gasteiger charge is -2.22. The van der Waals surface area contributed by atoms with E-state index in [1.54, 1.807) is 24.3 Å². The smallest absolute Gasteiger partial charge is 0.257 e. The first-order chi connectivity index (χ1) is 12.4. The second-order valence-corrected chi connectivity index (χ2v) is 8.08. The molecule has 0 bridgehead atoms. The molecule has 7 nitrogen and oxygen atoms in total. The molecule has 1 fully saturated rings. The van der Waals surface area contributed by atoms with Crippen molar-refractivity contribution in [2.45, 2.75) is 23.8 Å². The molecule has 138 valence electrons. The Morgan fingerprint density at radius 1 is 1.15 bits per heavy atom. The quantitative estimate of drug-likeness (QED) is 0.860. The van der Waals surface area contributed by atoms with Gasteiger partial charge in [-0.2, -0.15) is 0 Å². The number of anilines is 1. The summed E-state index contributed by atoms with van der Waals surface area (Å²) >= 11 is 0. The molecule has 0 atom stereocenters. The van der Waals surface area contributed by atoms with Gasteiger partial charge in [0.25, 0.3) is 5.91 Å². The lowest BCUT2D eigenvalue weighted by molar-refractivity contribution is 0.0237. The van der Waals surface area contributed by atoms with Crippen molar-refractivity contribution in [3.8, 4) is 5.88 Å². The van der Waals surface area contributed by atoms with Crippen LogP contribution < -0.4 is 10.1 Å². The van der Waals surface area contributed by atoms with Crippen molar-refractivity contribution >= 4 is 21.4 Å². The van der Waals surface area contributed by atoms with Gasteiger partial charge in [-0.1, -0.05) is 0 Å². The van der Waals surface area contributed by atoms with Crippen molar-refractivity contribution in [1.82, 2.24) is 4.98 Å². The molecule has 1 aromatic carbocycles. The number of hydrogen-bond acceptors (Lipinski definition) is 6. The summed E-state index contributed by atoms with van der Waals surface area (Å²) in [7, 11) is -3.26. The van der Waals surface area contributed by atoms with Crippen LogP contribution in [-0.2, 0) is 14.6 Å². The number of aromatic nitrogens is 1. The van der Waals surface area contributed by atoms with E-state index < -0.39 is 9.84 Å². The van der Waals surface area contributed by atoms with Gasteiger partial charge in [0.1, 0.15) is 6.10 Å². The lowest BCUT2D eigenvalue weighted by Crippen LogP contribution is -2.26. The molecule has 0 spiro atoms. The number of rotatable bonds is 5. The van der Waals surface area contributed by atoms with Gasteiger partial charge in [0.15, 0.2) is 9.84 Å². The average Bonchev–Trinajstić information content (AvgIpc) is 2.63. The third-order valence-electron chi connectivity index (χ3n) is 3.99. The Labute approximate surface area is 152 Å². The van der Waals surface area contributed by atoms with Crippen molar-refractivity contribution in [3.63, 3.8) is 0 Å². The van der Waals surface area contributed by atoms with E-state index in [4.69, 9.17) is 9.47 Å². The van der Waals surface area contributed by atoms with Crippen LogP contribution in [0.3, 0.4) is 0 Å². The maximum atomic E-state index is 12.3. The molecule has 1 aliphatic rings. The van der Waals surface area contributed by atoms with Gasteiger partial charge in [0.05, 0.1) is 23.7 Å². The van der Waals surface area contributed by atoms with Crippen molar-refractivity contribution in [3.05, 3.63) is 48.2 Å². The number of amides is 1. The number of sulfone groups is 1. The van der Waals surface area contributed by atoms with Crippen LogP contribution in [0.1, 0.15) is 23.2 Å². The van der Waals surface area contributed by atoms with E-state index in [0.29, 0.717) is 30.3 Å². The minimum Gasteiger partial charge on any atom is -0.474 e. The Hall–Kier alpha value is -2.45. The second-order valence-electron chi connectivity index (χ2n) is 6.07. The maximum Gasteiger partial charge on any atom is 0.257 e. The van der Waals surface area contributed by atoms with Crippen LogP contribution in [0.15, 0.2) is 47.5 Å². The van der Waals surface area contributed by atoms with E-state index in [1.165, 1.54) is 18.3 Å². The molecule has 26 heavy (non-hydrogen) atoms. The Bertz CT molecular complexity index is 857. The van der Waals surface area contributed by atoms with Crippen LogP contribution in [0.2, 0.25) is 0 Å². The summed E-state index contributed by atoms with van der Waals surface area (Å²) in [5, 5.41) is 2.71. The normalized spacial score (nSPS) is 15.4. The van der Waals surface area contributed by atoms with Gasteiger partial charge in [-0.3, -0.25) is 4.79 Å². The molecule has 1 aliphatic heterocycles. The average molecular weight is 376 g/mol. The summed E-state index contributed by atoms with van der Waals surface area (Å²) < 4.78 is 34.0. The molecule has 3 rings (SSSR count). The minimum absolute atomic E-state index is 0.0873. The van der Waals surface area contributed by atoms with Crippen molar-refractivity contribution in [2.75, 3.05) is 24.8 Å². The third kappa shape index (κ3) is 4.80. The second kappa shape index (κ2) is 7.84. The fourth-order valence-corrected chi connectivity index (χ4v) is 3.17. The molecular weight excluding hydrogens is 356 g/mol. The summed E-state index contributed by atoms with van der Waals surface area (Å²) in [6, 6.07) is 9.30. The molecule has 1 N–H and O–H groups in total. The van der Waals surface area contributed by atoms with Crippen LogP contribution in [-0.4, -0.2) is 44.9 Å². The van der Waals surface area contributed by atoms with Crippen LogP contribution in [0.25, 0.3) is 0 Å². The number of nitrogens with one attached hydrogen (secondary N) is 1. The number of hydrogen-bond donors (Lipinski definition) is 1. The minimum atomic E-state index is -3.26. The number of pyridine rings is 1. The summed E-state index contributed by atoms with van der Waals surface area (Å²) in [6.45, 7) is 1.37. The highest BCUT2D eigenvalue weighted by Crippen LogP contribution is 2.17. The van der Waals surface area contributed by atoms with Crippen molar-refractivity contribution in [1.29, 1.82) is 0 Å². The first-order valence-corrected chi connectivity index (χ1v) is 10.1. The topological polar surface area (TPSA) is 94.6 Å². The maximum absolute atomic E-state index is 12.3. The fourth-order valence-electron chi connectivity index (χ4n) is 2.54. The Morgan fingerprint density at radius 3 is 2.42 bits per heavy atom. The molecule has 0 aliphatic carbocycles. The Balaban J connectivity index is 1.60. The van der Waals surface area contributed by atoms with Gasteiger partial charge < -0.3 is 14.8 Å². The van der Waals surface area contributed by atoms with Gasteiger partial charge in [-0.15, -0.1) is 0 Å². The van der Waals surface area contributed by atoms with E-state index in [9.17, 15) is 13.2 Å². The highest BCUT2D eigenvalue weighted by molar-refractivity contribution is 7.90. The number of carbonyl (C=O) groups is 1. The van der Waals surface area contributed by atoms with E-state index in [2.05, 4.69) is 10.3 Å². The first-order valence-electron chi connectivity index (χ1n) is 8.24.